The molecule has 2 aromatic rings. The molecule has 1 aromatic heterocycles. The minimum atomic E-state index is -0.618. The minimum Gasteiger partial charge on any atom is -0.490 e. The number of aliphatic hydroxyl groups excluding tert-OH is 1. The molecule has 1 aromatic carbocycles. The van der Waals surface area contributed by atoms with Gasteiger partial charge in [0.2, 0.25) is 0 Å². The van der Waals surface area contributed by atoms with Gasteiger partial charge < -0.3 is 15.6 Å². The molecule has 0 saturated heterocycles. The monoisotopic (exact) mass is 426 g/mol. The summed E-state index contributed by atoms with van der Waals surface area (Å²) < 4.78 is 5.84. The standard InChI is InChI=1S/C13H14ClNO.C9H9N3O2/c14-13-8-12(7-6-10(13)9-15)16-11-4-2-1-3-5-11;10-9(14)8-5-4-7(11-12-8)3-1-2-6-13/h6-8,11H,1-5H2;4-5,13H,2,6H2,(H2,10,14). The molecule has 0 atom stereocenters. The van der Waals surface area contributed by atoms with Crippen molar-refractivity contribution in [3.05, 3.63) is 52.3 Å². The number of carbonyl (C=O) groups is 1. The Morgan fingerprint density at radius 1 is 1.23 bits per heavy atom. The molecule has 1 aliphatic carbocycles. The molecular weight excluding hydrogens is 404 g/mol. The van der Waals surface area contributed by atoms with Crippen LogP contribution in [-0.4, -0.2) is 33.9 Å². The zero-order valence-corrected chi connectivity index (χ0v) is 17.2. The van der Waals surface area contributed by atoms with E-state index >= 15 is 0 Å². The third-order valence-electron chi connectivity index (χ3n) is 4.29. The molecule has 0 bridgehead atoms. The summed E-state index contributed by atoms with van der Waals surface area (Å²) in [4.78, 5) is 10.6. The Bertz CT molecular complexity index is 940. The number of halogens is 1. The highest BCUT2D eigenvalue weighted by Gasteiger charge is 2.15. The smallest absolute Gasteiger partial charge is 0.269 e. The average Bonchev–Trinajstić information content (AvgIpc) is 2.76. The maximum atomic E-state index is 10.6. The van der Waals surface area contributed by atoms with Crippen molar-refractivity contribution in [3.8, 4) is 23.7 Å². The largest absolute Gasteiger partial charge is 0.490 e. The van der Waals surface area contributed by atoms with E-state index in [-0.39, 0.29) is 12.3 Å². The van der Waals surface area contributed by atoms with E-state index in [4.69, 9.17) is 32.4 Å². The Morgan fingerprint density at radius 3 is 2.57 bits per heavy atom. The molecule has 30 heavy (non-hydrogen) atoms. The van der Waals surface area contributed by atoms with Gasteiger partial charge in [0.15, 0.2) is 5.69 Å². The first kappa shape index (κ1) is 23.2. The first-order valence-corrected chi connectivity index (χ1v) is 10.0. The molecule has 1 fully saturated rings. The molecule has 7 nitrogen and oxygen atoms in total. The van der Waals surface area contributed by atoms with Crippen molar-refractivity contribution in [1.82, 2.24) is 10.2 Å². The highest BCUT2D eigenvalue weighted by molar-refractivity contribution is 6.31. The van der Waals surface area contributed by atoms with E-state index in [0.29, 0.717) is 28.8 Å². The van der Waals surface area contributed by atoms with Crippen LogP contribution in [0, 0.1) is 23.2 Å². The zero-order valence-electron chi connectivity index (χ0n) is 16.5. The lowest BCUT2D eigenvalue weighted by molar-refractivity contribution is 0.0994. The SMILES string of the molecule is N#Cc1ccc(OC2CCCCC2)cc1Cl.NC(=O)c1ccc(C#CCCO)nn1. The van der Waals surface area contributed by atoms with Crippen LogP contribution < -0.4 is 10.5 Å². The van der Waals surface area contributed by atoms with E-state index in [9.17, 15) is 4.79 Å². The predicted molar refractivity (Wildman–Crippen MR) is 113 cm³/mol. The quantitative estimate of drug-likeness (QED) is 0.723. The highest BCUT2D eigenvalue weighted by Crippen LogP contribution is 2.26. The van der Waals surface area contributed by atoms with E-state index in [1.165, 1.54) is 25.3 Å². The molecule has 1 amide bonds. The molecule has 0 unspecified atom stereocenters. The number of nitrogens with two attached hydrogens (primary N) is 1. The van der Waals surface area contributed by atoms with Crippen LogP contribution in [0.15, 0.2) is 30.3 Å². The lowest BCUT2D eigenvalue weighted by Gasteiger charge is -2.23. The van der Waals surface area contributed by atoms with E-state index in [2.05, 4.69) is 22.0 Å². The Balaban J connectivity index is 0.000000216. The number of nitrogens with zero attached hydrogens (tertiary/aromatic N) is 3. The molecule has 3 N–H and O–H groups in total. The number of rotatable bonds is 4. The molecule has 1 saturated carbocycles. The maximum Gasteiger partial charge on any atom is 0.269 e. The van der Waals surface area contributed by atoms with Crippen LogP contribution in [0.3, 0.4) is 0 Å². The molecule has 3 rings (SSSR count). The van der Waals surface area contributed by atoms with Gasteiger partial charge in [-0.25, -0.2) is 0 Å². The molecule has 0 spiro atoms. The lowest BCUT2D eigenvalue weighted by Crippen LogP contribution is -2.19. The minimum absolute atomic E-state index is 0.0137. The van der Waals surface area contributed by atoms with Crippen molar-refractivity contribution in [2.24, 2.45) is 5.73 Å². The van der Waals surface area contributed by atoms with Crippen LogP contribution >= 0.6 is 11.6 Å². The van der Waals surface area contributed by atoms with Gasteiger partial charge in [0.05, 0.1) is 23.3 Å². The summed E-state index contributed by atoms with van der Waals surface area (Å²) in [6.45, 7) is 0.0137. The summed E-state index contributed by atoms with van der Waals surface area (Å²) in [6.07, 6.45) is 6.75. The predicted octanol–water partition coefficient (Wildman–Crippen LogP) is 3.23. The van der Waals surface area contributed by atoms with Crippen LogP contribution in [0.1, 0.15) is 60.3 Å². The fourth-order valence-electron chi connectivity index (χ4n) is 2.77. The second-order valence-corrected chi connectivity index (χ2v) is 6.98. The molecular formula is C22H23ClN4O3. The van der Waals surface area contributed by atoms with Crippen molar-refractivity contribution in [3.63, 3.8) is 0 Å². The van der Waals surface area contributed by atoms with Gasteiger partial charge in [-0.3, -0.25) is 4.79 Å². The van der Waals surface area contributed by atoms with Crippen molar-refractivity contribution >= 4 is 17.5 Å². The number of hydrogen-bond donors (Lipinski definition) is 2. The number of nitriles is 1. The third kappa shape index (κ3) is 7.71. The summed E-state index contributed by atoms with van der Waals surface area (Å²) in [6, 6.07) is 10.3. The summed E-state index contributed by atoms with van der Waals surface area (Å²) in [5.41, 5.74) is 6.03. The number of amides is 1. The van der Waals surface area contributed by atoms with Crippen molar-refractivity contribution < 1.29 is 14.6 Å². The Kier molecular flexibility index (Phi) is 9.60. The molecule has 1 aliphatic rings. The van der Waals surface area contributed by atoms with Gasteiger partial charge in [0.1, 0.15) is 17.5 Å². The Labute approximate surface area is 180 Å². The second-order valence-electron chi connectivity index (χ2n) is 6.57. The number of aliphatic hydroxyl groups is 1. The number of hydrogen-bond acceptors (Lipinski definition) is 6. The van der Waals surface area contributed by atoms with E-state index in [1.54, 1.807) is 18.2 Å². The van der Waals surface area contributed by atoms with Crippen LogP contribution in [0.5, 0.6) is 5.75 Å². The number of primary amides is 1. The second kappa shape index (κ2) is 12.4. The lowest BCUT2D eigenvalue weighted by atomic mass is 9.98. The molecule has 0 aliphatic heterocycles. The normalized spacial score (nSPS) is 13.1. The fraction of sp³-hybridized carbons (Fsp3) is 0.364. The van der Waals surface area contributed by atoms with Crippen LogP contribution in [0.2, 0.25) is 5.02 Å². The number of ether oxygens (including phenoxy) is 1. The van der Waals surface area contributed by atoms with Gasteiger partial charge in [0, 0.05) is 12.5 Å². The van der Waals surface area contributed by atoms with Crippen LogP contribution in [-0.2, 0) is 0 Å². The molecule has 1 heterocycles. The van der Waals surface area contributed by atoms with Crippen LogP contribution in [0.4, 0.5) is 0 Å². The van der Waals surface area contributed by atoms with Gasteiger partial charge in [0.25, 0.3) is 5.91 Å². The third-order valence-corrected chi connectivity index (χ3v) is 4.60. The average molecular weight is 427 g/mol. The number of benzene rings is 1. The van der Waals surface area contributed by atoms with Gasteiger partial charge >= 0.3 is 0 Å². The van der Waals surface area contributed by atoms with Gasteiger partial charge in [-0.05, 0) is 55.9 Å². The topological polar surface area (TPSA) is 122 Å². The van der Waals surface area contributed by atoms with Gasteiger partial charge in [-0.15, -0.1) is 10.2 Å². The summed E-state index contributed by atoms with van der Waals surface area (Å²) in [7, 11) is 0. The molecule has 0 radical (unpaired) electrons. The van der Waals surface area contributed by atoms with Crippen molar-refractivity contribution in [1.29, 1.82) is 5.26 Å². The maximum absolute atomic E-state index is 10.6. The van der Waals surface area contributed by atoms with Gasteiger partial charge in [-0.2, -0.15) is 5.26 Å². The van der Waals surface area contributed by atoms with E-state index < -0.39 is 5.91 Å². The Morgan fingerprint density at radius 2 is 2.00 bits per heavy atom. The first-order valence-electron chi connectivity index (χ1n) is 9.63. The Hall–Kier alpha value is -3.13. The molecule has 156 valence electrons. The van der Waals surface area contributed by atoms with Crippen molar-refractivity contribution in [2.45, 2.75) is 44.6 Å². The first-order chi connectivity index (χ1) is 14.5. The highest BCUT2D eigenvalue weighted by atomic mass is 35.5. The van der Waals surface area contributed by atoms with E-state index in [1.807, 2.05) is 12.1 Å². The van der Waals surface area contributed by atoms with Gasteiger partial charge in [-0.1, -0.05) is 23.9 Å². The number of carbonyl (C=O) groups excluding carboxylic acids is 1. The van der Waals surface area contributed by atoms with Crippen LogP contribution in [0.25, 0.3) is 0 Å². The summed E-state index contributed by atoms with van der Waals surface area (Å²) in [5, 5.41) is 24.9. The number of aromatic nitrogens is 2. The fourth-order valence-corrected chi connectivity index (χ4v) is 2.99. The van der Waals surface area contributed by atoms with E-state index in [0.717, 1.165) is 18.6 Å². The zero-order chi connectivity index (χ0) is 21.8. The molecule has 8 heteroatoms. The summed E-state index contributed by atoms with van der Waals surface area (Å²) >= 11 is 5.94. The summed E-state index contributed by atoms with van der Waals surface area (Å²) in [5.74, 6) is 5.51. The van der Waals surface area contributed by atoms with Crippen molar-refractivity contribution in [2.75, 3.05) is 6.61 Å².